The number of halogens is 1. The van der Waals surface area contributed by atoms with E-state index in [4.69, 9.17) is 4.74 Å². The molecule has 1 amide bonds. The van der Waals surface area contributed by atoms with Gasteiger partial charge in [-0.05, 0) is 18.6 Å². The van der Waals surface area contributed by atoms with Crippen LogP contribution in [0, 0.1) is 5.82 Å². The van der Waals surface area contributed by atoms with E-state index < -0.39 is 0 Å². The fourth-order valence-corrected chi connectivity index (χ4v) is 2.79. The van der Waals surface area contributed by atoms with Crippen molar-refractivity contribution in [1.82, 2.24) is 19.6 Å². The van der Waals surface area contributed by atoms with Crippen LogP contribution in [-0.4, -0.2) is 59.6 Å². The molecule has 23 heavy (non-hydrogen) atoms. The molecule has 0 saturated carbocycles. The van der Waals surface area contributed by atoms with Crippen molar-refractivity contribution in [2.45, 2.75) is 13.3 Å². The Labute approximate surface area is 134 Å². The zero-order valence-electron chi connectivity index (χ0n) is 13.2. The van der Waals surface area contributed by atoms with Crippen LogP contribution < -0.4 is 5.32 Å². The van der Waals surface area contributed by atoms with E-state index in [1.165, 1.54) is 16.7 Å². The molecule has 0 spiro atoms. The smallest absolute Gasteiger partial charge is 0.270 e. The van der Waals surface area contributed by atoms with Crippen LogP contribution in [0.3, 0.4) is 0 Å². The molecule has 1 saturated heterocycles. The largest absolute Gasteiger partial charge is 0.379 e. The second kappa shape index (κ2) is 7.06. The molecule has 7 heteroatoms. The Hall–Kier alpha value is -1.99. The number of rotatable bonds is 5. The number of aromatic nitrogens is 2. The predicted octanol–water partition coefficient (Wildman–Crippen LogP) is 1.10. The standard InChI is InChI=1S/C16H21FN4O2/c1-2-13-15(21-11-12(17)3-4-14(21)19-13)16(22)18-5-6-20-7-9-23-10-8-20/h3-4,11H,2,5-10H2,1H3,(H,18,22). The number of ether oxygens (including phenoxy) is 1. The van der Waals surface area contributed by atoms with Gasteiger partial charge in [0.05, 0.1) is 18.9 Å². The van der Waals surface area contributed by atoms with Crippen LogP contribution in [0.15, 0.2) is 18.3 Å². The van der Waals surface area contributed by atoms with Gasteiger partial charge in [0.2, 0.25) is 0 Å². The van der Waals surface area contributed by atoms with E-state index in [-0.39, 0.29) is 11.7 Å². The first-order valence-corrected chi connectivity index (χ1v) is 7.94. The molecule has 0 atom stereocenters. The first-order chi connectivity index (χ1) is 11.2. The molecule has 1 aliphatic rings. The molecule has 3 heterocycles. The molecule has 0 unspecified atom stereocenters. The van der Waals surface area contributed by atoms with Crippen LogP contribution in [0.5, 0.6) is 0 Å². The molecule has 1 N–H and O–H groups in total. The number of carbonyl (C=O) groups is 1. The number of nitrogens with zero attached hydrogens (tertiary/aromatic N) is 3. The highest BCUT2D eigenvalue weighted by atomic mass is 19.1. The third-order valence-electron chi connectivity index (χ3n) is 4.02. The van der Waals surface area contributed by atoms with Crippen LogP contribution in [-0.2, 0) is 11.2 Å². The molecule has 3 rings (SSSR count). The minimum Gasteiger partial charge on any atom is -0.379 e. The Bertz CT molecular complexity index is 695. The molecule has 124 valence electrons. The summed E-state index contributed by atoms with van der Waals surface area (Å²) in [4.78, 5) is 19.2. The molecule has 2 aromatic rings. The maximum Gasteiger partial charge on any atom is 0.270 e. The highest BCUT2D eigenvalue weighted by Crippen LogP contribution is 2.14. The van der Waals surface area contributed by atoms with E-state index in [9.17, 15) is 9.18 Å². The van der Waals surface area contributed by atoms with Gasteiger partial charge in [-0.25, -0.2) is 9.37 Å². The van der Waals surface area contributed by atoms with Crippen molar-refractivity contribution in [1.29, 1.82) is 0 Å². The number of carbonyl (C=O) groups excluding carboxylic acids is 1. The summed E-state index contributed by atoms with van der Waals surface area (Å²) in [6.07, 6.45) is 1.92. The maximum atomic E-state index is 13.5. The molecule has 0 radical (unpaired) electrons. The Balaban J connectivity index is 1.70. The molecule has 6 nitrogen and oxygen atoms in total. The summed E-state index contributed by atoms with van der Waals surface area (Å²) in [5.41, 5.74) is 1.69. The molecule has 1 aliphatic heterocycles. The SMILES string of the molecule is CCc1nc2ccc(F)cn2c1C(=O)NCCN1CCOCC1. The number of nitrogens with one attached hydrogen (secondary N) is 1. The molecular weight excluding hydrogens is 299 g/mol. The van der Waals surface area contributed by atoms with Gasteiger partial charge in [0, 0.05) is 32.4 Å². The van der Waals surface area contributed by atoms with Crippen LogP contribution in [0.25, 0.3) is 5.65 Å². The number of aryl methyl sites for hydroxylation is 1. The lowest BCUT2D eigenvalue weighted by atomic mass is 10.2. The van der Waals surface area contributed by atoms with E-state index in [0.29, 0.717) is 30.0 Å². The van der Waals surface area contributed by atoms with Crippen molar-refractivity contribution in [3.05, 3.63) is 35.5 Å². The van der Waals surface area contributed by atoms with Crippen molar-refractivity contribution in [3.63, 3.8) is 0 Å². The average Bonchev–Trinajstić information content (AvgIpc) is 2.93. The molecule has 0 aromatic carbocycles. The van der Waals surface area contributed by atoms with Crippen LogP contribution in [0.4, 0.5) is 4.39 Å². The molecular formula is C16H21FN4O2. The van der Waals surface area contributed by atoms with E-state index >= 15 is 0 Å². The Kier molecular flexibility index (Phi) is 4.88. The fourth-order valence-electron chi connectivity index (χ4n) is 2.79. The summed E-state index contributed by atoms with van der Waals surface area (Å²) in [6, 6.07) is 2.93. The molecule has 0 aliphatic carbocycles. The maximum absolute atomic E-state index is 13.5. The van der Waals surface area contributed by atoms with E-state index in [1.54, 1.807) is 6.07 Å². The lowest BCUT2D eigenvalue weighted by Gasteiger charge is -2.26. The fraction of sp³-hybridized carbons (Fsp3) is 0.500. The minimum absolute atomic E-state index is 0.215. The normalized spacial score (nSPS) is 15.9. The predicted molar refractivity (Wildman–Crippen MR) is 84.1 cm³/mol. The summed E-state index contributed by atoms with van der Waals surface area (Å²) in [5.74, 6) is -0.604. The topological polar surface area (TPSA) is 58.9 Å². The molecule has 0 bridgehead atoms. The van der Waals surface area contributed by atoms with Gasteiger partial charge < -0.3 is 10.1 Å². The lowest BCUT2D eigenvalue weighted by Crippen LogP contribution is -2.41. The zero-order valence-corrected chi connectivity index (χ0v) is 13.2. The first kappa shape index (κ1) is 15.9. The highest BCUT2D eigenvalue weighted by Gasteiger charge is 2.19. The number of hydrogen-bond donors (Lipinski definition) is 1. The third kappa shape index (κ3) is 3.51. The Morgan fingerprint density at radius 3 is 2.91 bits per heavy atom. The summed E-state index contributed by atoms with van der Waals surface area (Å²) >= 11 is 0. The van der Waals surface area contributed by atoms with Gasteiger partial charge in [0.1, 0.15) is 17.2 Å². The van der Waals surface area contributed by atoms with Gasteiger partial charge in [-0.2, -0.15) is 0 Å². The number of morpholine rings is 1. The number of imidazole rings is 1. The van der Waals surface area contributed by atoms with Crippen LogP contribution in [0.1, 0.15) is 23.1 Å². The summed E-state index contributed by atoms with van der Waals surface area (Å²) in [6.45, 7) is 6.50. The Morgan fingerprint density at radius 1 is 1.39 bits per heavy atom. The van der Waals surface area contributed by atoms with Gasteiger partial charge >= 0.3 is 0 Å². The van der Waals surface area contributed by atoms with E-state index in [2.05, 4.69) is 15.2 Å². The molecule has 1 fully saturated rings. The van der Waals surface area contributed by atoms with Gasteiger partial charge in [0.25, 0.3) is 5.91 Å². The van der Waals surface area contributed by atoms with Gasteiger partial charge in [-0.1, -0.05) is 6.92 Å². The van der Waals surface area contributed by atoms with Gasteiger partial charge in [-0.15, -0.1) is 0 Å². The number of hydrogen-bond acceptors (Lipinski definition) is 4. The monoisotopic (exact) mass is 320 g/mol. The average molecular weight is 320 g/mol. The zero-order chi connectivity index (χ0) is 16.2. The van der Waals surface area contributed by atoms with Gasteiger partial charge in [-0.3, -0.25) is 14.1 Å². The minimum atomic E-state index is -0.389. The number of amides is 1. The highest BCUT2D eigenvalue weighted by molar-refractivity contribution is 5.94. The van der Waals surface area contributed by atoms with E-state index in [1.807, 2.05) is 6.92 Å². The van der Waals surface area contributed by atoms with Crippen molar-refractivity contribution in [2.75, 3.05) is 39.4 Å². The van der Waals surface area contributed by atoms with Crippen molar-refractivity contribution in [2.24, 2.45) is 0 Å². The van der Waals surface area contributed by atoms with Crippen LogP contribution >= 0.6 is 0 Å². The summed E-state index contributed by atoms with van der Waals surface area (Å²) in [5, 5.41) is 2.91. The lowest BCUT2D eigenvalue weighted by molar-refractivity contribution is 0.0383. The summed E-state index contributed by atoms with van der Waals surface area (Å²) < 4.78 is 20.3. The Morgan fingerprint density at radius 2 is 2.17 bits per heavy atom. The van der Waals surface area contributed by atoms with Crippen molar-refractivity contribution in [3.8, 4) is 0 Å². The number of fused-ring (bicyclic) bond motifs is 1. The third-order valence-corrected chi connectivity index (χ3v) is 4.02. The van der Waals surface area contributed by atoms with Crippen molar-refractivity contribution >= 4 is 11.6 Å². The van der Waals surface area contributed by atoms with E-state index in [0.717, 1.165) is 32.8 Å². The van der Waals surface area contributed by atoms with Crippen LogP contribution in [0.2, 0.25) is 0 Å². The quantitative estimate of drug-likeness (QED) is 0.896. The second-order valence-electron chi connectivity index (χ2n) is 5.55. The summed E-state index contributed by atoms with van der Waals surface area (Å²) in [7, 11) is 0. The first-order valence-electron chi connectivity index (χ1n) is 7.94. The van der Waals surface area contributed by atoms with Gasteiger partial charge in [0.15, 0.2) is 0 Å². The number of pyridine rings is 1. The second-order valence-corrected chi connectivity index (χ2v) is 5.55. The van der Waals surface area contributed by atoms with Crippen molar-refractivity contribution < 1.29 is 13.9 Å². The molecule has 2 aromatic heterocycles.